The van der Waals surface area contributed by atoms with Crippen molar-refractivity contribution in [3.05, 3.63) is 29.8 Å². The maximum absolute atomic E-state index is 12.1. The van der Waals surface area contributed by atoms with Crippen LogP contribution in [0.3, 0.4) is 0 Å². The van der Waals surface area contributed by atoms with Gasteiger partial charge in [-0.05, 0) is 41.9 Å². The maximum atomic E-state index is 12.1. The van der Waals surface area contributed by atoms with Gasteiger partial charge in [0.15, 0.2) is 0 Å². The van der Waals surface area contributed by atoms with Crippen LogP contribution in [0.1, 0.15) is 39.2 Å². The molecule has 1 saturated carbocycles. The second-order valence-corrected chi connectivity index (χ2v) is 7.84. The molecule has 0 atom stereocenters. The summed E-state index contributed by atoms with van der Waals surface area (Å²) in [6, 6.07) is 7.21. The van der Waals surface area contributed by atoms with Gasteiger partial charge in [-0.3, -0.25) is 0 Å². The Labute approximate surface area is 110 Å². The molecule has 1 fully saturated rings. The Bertz CT molecular complexity index is 525. The number of sulfonamides is 1. The fourth-order valence-corrected chi connectivity index (χ4v) is 2.92. The zero-order valence-corrected chi connectivity index (χ0v) is 12.0. The molecule has 0 aromatic heterocycles. The van der Waals surface area contributed by atoms with E-state index in [2.05, 4.69) is 25.5 Å². The number of rotatable bonds is 4. The Balaban J connectivity index is 2.21. The molecule has 0 bridgehead atoms. The van der Waals surface area contributed by atoms with Crippen molar-refractivity contribution in [1.82, 2.24) is 4.72 Å². The molecule has 0 unspecified atom stereocenters. The summed E-state index contributed by atoms with van der Waals surface area (Å²) in [5, 5.41) is 0. The van der Waals surface area contributed by atoms with E-state index in [0.29, 0.717) is 17.4 Å². The van der Waals surface area contributed by atoms with Gasteiger partial charge in [0.2, 0.25) is 10.0 Å². The molecule has 0 saturated heterocycles. The van der Waals surface area contributed by atoms with E-state index < -0.39 is 10.0 Å². The molecule has 3 nitrogen and oxygen atoms in total. The van der Waals surface area contributed by atoms with E-state index in [9.17, 15) is 8.42 Å². The molecule has 18 heavy (non-hydrogen) atoms. The second kappa shape index (κ2) is 4.67. The van der Waals surface area contributed by atoms with Gasteiger partial charge in [0.1, 0.15) is 0 Å². The van der Waals surface area contributed by atoms with Gasteiger partial charge in [-0.2, -0.15) is 0 Å². The normalized spacial score (nSPS) is 16.8. The van der Waals surface area contributed by atoms with Crippen LogP contribution in [0.25, 0.3) is 0 Å². The molecule has 1 aromatic carbocycles. The minimum Gasteiger partial charge on any atom is -0.211 e. The Morgan fingerprint density at radius 1 is 1.28 bits per heavy atom. The van der Waals surface area contributed by atoms with Gasteiger partial charge >= 0.3 is 0 Å². The molecule has 0 heterocycles. The predicted octanol–water partition coefficient (Wildman–Crippen LogP) is 2.67. The van der Waals surface area contributed by atoms with Crippen molar-refractivity contribution < 1.29 is 8.42 Å². The molecule has 4 heteroatoms. The minimum atomic E-state index is -3.35. The molecule has 1 N–H and O–H groups in total. The molecule has 100 valence electrons. The SMILES string of the molecule is CC(C)(C)c1cccc(S(=O)(=O)NCC2CC2)c1. The lowest BCUT2D eigenvalue weighted by molar-refractivity contribution is 0.573. The zero-order valence-electron chi connectivity index (χ0n) is 11.2. The van der Waals surface area contributed by atoms with Gasteiger partial charge in [0, 0.05) is 6.54 Å². The molecule has 0 spiro atoms. The molecule has 2 rings (SSSR count). The Kier molecular flexibility index (Phi) is 3.52. The standard InChI is InChI=1S/C14H21NO2S/c1-14(2,3)12-5-4-6-13(9-12)18(16,17)15-10-11-7-8-11/h4-6,9,11,15H,7-8,10H2,1-3H3. The van der Waals surface area contributed by atoms with Crippen molar-refractivity contribution in [3.63, 3.8) is 0 Å². The van der Waals surface area contributed by atoms with Crippen LogP contribution in [0.2, 0.25) is 0 Å². The summed E-state index contributed by atoms with van der Waals surface area (Å²) in [4.78, 5) is 0.371. The van der Waals surface area contributed by atoms with E-state index in [1.807, 2.05) is 12.1 Å². The lowest BCUT2D eigenvalue weighted by Gasteiger charge is -2.19. The first kappa shape index (κ1) is 13.6. The first-order valence-corrected chi connectivity index (χ1v) is 7.87. The average Bonchev–Trinajstić information content (AvgIpc) is 3.09. The summed E-state index contributed by atoms with van der Waals surface area (Å²) in [6.45, 7) is 6.81. The third-order valence-electron chi connectivity index (χ3n) is 3.27. The van der Waals surface area contributed by atoms with Crippen LogP contribution >= 0.6 is 0 Å². The average molecular weight is 267 g/mol. The fraction of sp³-hybridized carbons (Fsp3) is 0.571. The van der Waals surface area contributed by atoms with Gasteiger partial charge in [0.25, 0.3) is 0 Å². The summed E-state index contributed by atoms with van der Waals surface area (Å²) in [5.41, 5.74) is 0.999. The van der Waals surface area contributed by atoms with E-state index in [1.165, 1.54) is 0 Å². The third-order valence-corrected chi connectivity index (χ3v) is 4.69. The molecular formula is C14H21NO2S. The van der Waals surface area contributed by atoms with E-state index in [0.717, 1.165) is 18.4 Å². The van der Waals surface area contributed by atoms with Crippen LogP contribution in [-0.2, 0) is 15.4 Å². The van der Waals surface area contributed by atoms with E-state index in [1.54, 1.807) is 12.1 Å². The topological polar surface area (TPSA) is 46.2 Å². The Morgan fingerprint density at radius 3 is 2.50 bits per heavy atom. The van der Waals surface area contributed by atoms with Gasteiger partial charge in [-0.25, -0.2) is 13.1 Å². The van der Waals surface area contributed by atoms with E-state index in [-0.39, 0.29) is 5.41 Å². The molecule has 1 aliphatic carbocycles. The van der Waals surface area contributed by atoms with Gasteiger partial charge in [0.05, 0.1) is 4.90 Å². The molecule has 1 aromatic rings. The second-order valence-electron chi connectivity index (χ2n) is 6.07. The molecule has 0 radical (unpaired) electrons. The van der Waals surface area contributed by atoms with Crippen molar-refractivity contribution in [2.24, 2.45) is 5.92 Å². The largest absolute Gasteiger partial charge is 0.240 e. The molecule has 0 amide bonds. The van der Waals surface area contributed by atoms with Crippen LogP contribution in [-0.4, -0.2) is 15.0 Å². The first-order valence-electron chi connectivity index (χ1n) is 6.39. The molecule has 1 aliphatic rings. The Hall–Kier alpha value is -0.870. The zero-order chi connectivity index (χ0) is 13.4. The highest BCUT2D eigenvalue weighted by atomic mass is 32.2. The summed E-state index contributed by atoms with van der Waals surface area (Å²) in [6.07, 6.45) is 2.29. The van der Waals surface area contributed by atoms with Crippen LogP contribution in [0.15, 0.2) is 29.2 Å². The lowest BCUT2D eigenvalue weighted by Crippen LogP contribution is -2.26. The summed E-state index contributed by atoms with van der Waals surface area (Å²) in [5.74, 6) is 0.547. The first-order chi connectivity index (χ1) is 8.29. The van der Waals surface area contributed by atoms with Crippen molar-refractivity contribution in [2.75, 3.05) is 6.54 Å². The minimum absolute atomic E-state index is 0.0397. The summed E-state index contributed by atoms with van der Waals surface area (Å²) < 4.78 is 27.0. The smallest absolute Gasteiger partial charge is 0.211 e. The monoisotopic (exact) mass is 267 g/mol. The summed E-state index contributed by atoms with van der Waals surface area (Å²) in [7, 11) is -3.35. The van der Waals surface area contributed by atoms with Crippen LogP contribution < -0.4 is 4.72 Å². The summed E-state index contributed by atoms with van der Waals surface area (Å²) >= 11 is 0. The van der Waals surface area contributed by atoms with Crippen molar-refractivity contribution in [3.8, 4) is 0 Å². The van der Waals surface area contributed by atoms with Crippen molar-refractivity contribution in [2.45, 2.75) is 43.9 Å². The van der Waals surface area contributed by atoms with Crippen LogP contribution in [0, 0.1) is 5.92 Å². The van der Waals surface area contributed by atoms with E-state index >= 15 is 0 Å². The number of hydrogen-bond donors (Lipinski definition) is 1. The highest BCUT2D eigenvalue weighted by molar-refractivity contribution is 7.89. The van der Waals surface area contributed by atoms with Crippen LogP contribution in [0.4, 0.5) is 0 Å². The van der Waals surface area contributed by atoms with Crippen molar-refractivity contribution in [1.29, 1.82) is 0 Å². The van der Waals surface area contributed by atoms with Crippen molar-refractivity contribution >= 4 is 10.0 Å². The lowest BCUT2D eigenvalue weighted by atomic mass is 9.87. The predicted molar refractivity (Wildman–Crippen MR) is 73.1 cm³/mol. The third kappa shape index (κ3) is 3.33. The molecular weight excluding hydrogens is 246 g/mol. The van der Waals surface area contributed by atoms with Gasteiger partial charge in [-0.15, -0.1) is 0 Å². The van der Waals surface area contributed by atoms with Crippen LogP contribution in [0.5, 0.6) is 0 Å². The quantitative estimate of drug-likeness (QED) is 0.911. The molecule has 0 aliphatic heterocycles. The fourth-order valence-electron chi connectivity index (χ4n) is 1.76. The number of hydrogen-bond acceptors (Lipinski definition) is 2. The number of nitrogens with one attached hydrogen (secondary N) is 1. The maximum Gasteiger partial charge on any atom is 0.240 e. The van der Waals surface area contributed by atoms with E-state index in [4.69, 9.17) is 0 Å². The highest BCUT2D eigenvalue weighted by Crippen LogP contribution is 2.28. The number of benzene rings is 1. The van der Waals surface area contributed by atoms with Gasteiger partial charge in [-0.1, -0.05) is 32.9 Å². The Morgan fingerprint density at radius 2 is 1.94 bits per heavy atom. The van der Waals surface area contributed by atoms with Gasteiger partial charge < -0.3 is 0 Å². The highest BCUT2D eigenvalue weighted by Gasteiger charge is 2.25.